The molecule has 1 N–H and O–H groups in total. The molecule has 26 heavy (non-hydrogen) atoms. The molecule has 1 amide bonds. The van der Waals surface area contributed by atoms with E-state index in [0.717, 1.165) is 28.4 Å². The van der Waals surface area contributed by atoms with Gasteiger partial charge >= 0.3 is 0 Å². The number of benzene rings is 2. The number of aromatic nitrogens is 2. The van der Waals surface area contributed by atoms with E-state index in [1.165, 1.54) is 0 Å². The monoisotopic (exact) mass is 349 g/mol. The summed E-state index contributed by atoms with van der Waals surface area (Å²) in [6.07, 6.45) is 0.709. The van der Waals surface area contributed by atoms with Crippen LogP contribution in [0.25, 0.3) is 5.69 Å². The van der Waals surface area contributed by atoms with Gasteiger partial charge in [0.05, 0.1) is 5.69 Å². The molecular formula is C20H19N3O3. The smallest absolute Gasteiger partial charge is 0.271 e. The first kappa shape index (κ1) is 16.2. The first-order valence-electron chi connectivity index (χ1n) is 8.49. The Balaban J connectivity index is 1.38. The molecular weight excluding hydrogens is 330 g/mol. The number of nitrogens with zero attached hydrogens (tertiary/aromatic N) is 2. The summed E-state index contributed by atoms with van der Waals surface area (Å²) in [5.41, 5.74) is 3.35. The second-order valence-corrected chi connectivity index (χ2v) is 6.11. The van der Waals surface area contributed by atoms with Crippen LogP contribution >= 0.6 is 0 Å². The fourth-order valence-electron chi connectivity index (χ4n) is 2.92. The Morgan fingerprint density at radius 3 is 2.77 bits per heavy atom. The summed E-state index contributed by atoms with van der Waals surface area (Å²) in [5, 5.41) is 7.34. The van der Waals surface area contributed by atoms with Gasteiger partial charge < -0.3 is 14.8 Å². The highest BCUT2D eigenvalue weighted by Crippen LogP contribution is 2.32. The Hall–Kier alpha value is -3.28. The van der Waals surface area contributed by atoms with Crippen LogP contribution in [0.5, 0.6) is 11.5 Å². The first-order valence-corrected chi connectivity index (χ1v) is 8.49. The molecule has 4 rings (SSSR count). The van der Waals surface area contributed by atoms with Gasteiger partial charge in [0.1, 0.15) is 0 Å². The average Bonchev–Trinajstić information content (AvgIpc) is 3.28. The number of nitrogens with one attached hydrogen (secondary N) is 1. The minimum absolute atomic E-state index is 0.177. The third-order valence-corrected chi connectivity index (χ3v) is 4.26. The number of hydrogen-bond acceptors (Lipinski definition) is 4. The molecule has 0 unspecified atom stereocenters. The van der Waals surface area contributed by atoms with Crippen molar-refractivity contribution in [2.24, 2.45) is 0 Å². The second kappa shape index (κ2) is 6.92. The Bertz CT molecular complexity index is 935. The van der Waals surface area contributed by atoms with Gasteiger partial charge in [-0.3, -0.25) is 4.79 Å². The van der Waals surface area contributed by atoms with Gasteiger partial charge in [0.2, 0.25) is 6.79 Å². The van der Waals surface area contributed by atoms with Crippen LogP contribution in [0, 0.1) is 6.92 Å². The summed E-state index contributed by atoms with van der Waals surface area (Å²) in [6, 6.07) is 17.4. The summed E-state index contributed by atoms with van der Waals surface area (Å²) in [6.45, 7) is 2.72. The molecule has 6 nitrogen and oxygen atoms in total. The average molecular weight is 349 g/mol. The third-order valence-electron chi connectivity index (χ3n) is 4.26. The zero-order valence-corrected chi connectivity index (χ0v) is 14.4. The van der Waals surface area contributed by atoms with E-state index in [4.69, 9.17) is 9.47 Å². The summed E-state index contributed by atoms with van der Waals surface area (Å²) in [7, 11) is 0. The first-order chi connectivity index (χ1) is 12.7. The predicted octanol–water partition coefficient (Wildman–Crippen LogP) is 2.88. The van der Waals surface area contributed by atoms with Crippen LogP contribution in [0.4, 0.5) is 0 Å². The Labute approximate surface area is 151 Å². The fourth-order valence-corrected chi connectivity index (χ4v) is 2.92. The van der Waals surface area contributed by atoms with E-state index in [-0.39, 0.29) is 12.7 Å². The summed E-state index contributed by atoms with van der Waals surface area (Å²) in [5.74, 6) is 1.34. The lowest BCUT2D eigenvalue weighted by Gasteiger charge is -2.05. The molecule has 0 saturated heterocycles. The van der Waals surface area contributed by atoms with Gasteiger partial charge in [0.15, 0.2) is 17.2 Å². The molecule has 1 aromatic heterocycles. The Kier molecular flexibility index (Phi) is 4.31. The number of aryl methyl sites for hydroxylation is 1. The topological polar surface area (TPSA) is 65.4 Å². The van der Waals surface area contributed by atoms with Crippen LogP contribution in [-0.4, -0.2) is 29.0 Å². The van der Waals surface area contributed by atoms with Crippen molar-refractivity contribution in [3.05, 3.63) is 71.5 Å². The maximum atomic E-state index is 12.4. The number of carbonyl (C=O) groups excluding carboxylic acids is 1. The molecule has 2 aromatic carbocycles. The van der Waals surface area contributed by atoms with Crippen LogP contribution in [0.15, 0.2) is 54.6 Å². The van der Waals surface area contributed by atoms with Gasteiger partial charge in [-0.25, -0.2) is 4.68 Å². The lowest BCUT2D eigenvalue weighted by Crippen LogP contribution is -2.26. The molecule has 3 aromatic rings. The van der Waals surface area contributed by atoms with Gasteiger partial charge in [0, 0.05) is 12.2 Å². The summed E-state index contributed by atoms with van der Waals surface area (Å²) >= 11 is 0. The lowest BCUT2D eigenvalue weighted by atomic mass is 10.1. The van der Waals surface area contributed by atoms with Crippen molar-refractivity contribution < 1.29 is 14.3 Å². The molecule has 0 aliphatic carbocycles. The molecule has 1 aliphatic rings. The number of carbonyl (C=O) groups is 1. The van der Waals surface area contributed by atoms with Gasteiger partial charge in [-0.2, -0.15) is 5.10 Å². The highest BCUT2D eigenvalue weighted by Gasteiger charge is 2.15. The number of para-hydroxylation sites is 1. The maximum Gasteiger partial charge on any atom is 0.271 e. The van der Waals surface area contributed by atoms with E-state index in [0.29, 0.717) is 18.7 Å². The molecule has 132 valence electrons. The van der Waals surface area contributed by atoms with Crippen LogP contribution in [0.2, 0.25) is 0 Å². The molecule has 1 aliphatic heterocycles. The number of amides is 1. The zero-order valence-electron chi connectivity index (χ0n) is 14.4. The molecule has 0 fully saturated rings. The van der Waals surface area contributed by atoms with Gasteiger partial charge in [-0.1, -0.05) is 24.3 Å². The van der Waals surface area contributed by atoms with E-state index in [9.17, 15) is 4.79 Å². The molecule has 0 bridgehead atoms. The minimum Gasteiger partial charge on any atom is -0.454 e. The second-order valence-electron chi connectivity index (χ2n) is 6.11. The molecule has 2 heterocycles. The maximum absolute atomic E-state index is 12.4. The van der Waals surface area contributed by atoms with Gasteiger partial charge in [-0.05, 0) is 49.2 Å². The predicted molar refractivity (Wildman–Crippen MR) is 96.9 cm³/mol. The Morgan fingerprint density at radius 2 is 1.92 bits per heavy atom. The molecule has 0 radical (unpaired) electrons. The normalized spacial score (nSPS) is 12.2. The van der Waals surface area contributed by atoms with Crippen LogP contribution in [0.3, 0.4) is 0 Å². The highest BCUT2D eigenvalue weighted by atomic mass is 16.7. The SMILES string of the molecule is Cc1cc(C(=O)NCCc2ccc3c(c2)OCO3)nn1-c1ccccc1. The standard InChI is InChI=1S/C20H19N3O3/c1-14-11-17(22-23(14)16-5-3-2-4-6-16)20(24)21-10-9-15-7-8-18-19(12-15)26-13-25-18/h2-8,11-12H,9-10,13H2,1H3,(H,21,24). The van der Waals surface area contributed by atoms with Crippen molar-refractivity contribution >= 4 is 5.91 Å². The van der Waals surface area contributed by atoms with Crippen molar-refractivity contribution in [1.82, 2.24) is 15.1 Å². The highest BCUT2D eigenvalue weighted by molar-refractivity contribution is 5.92. The number of ether oxygens (including phenoxy) is 2. The van der Waals surface area contributed by atoms with Crippen molar-refractivity contribution in [3.8, 4) is 17.2 Å². The van der Waals surface area contributed by atoms with Crippen LogP contribution in [0.1, 0.15) is 21.7 Å². The number of hydrogen-bond donors (Lipinski definition) is 1. The minimum atomic E-state index is -0.177. The van der Waals surface area contributed by atoms with E-state index in [1.54, 1.807) is 10.7 Å². The van der Waals surface area contributed by atoms with Crippen molar-refractivity contribution in [2.75, 3.05) is 13.3 Å². The zero-order chi connectivity index (χ0) is 17.9. The summed E-state index contributed by atoms with van der Waals surface area (Å²) in [4.78, 5) is 12.4. The molecule has 6 heteroatoms. The number of fused-ring (bicyclic) bond motifs is 1. The van der Waals surface area contributed by atoms with Crippen LogP contribution < -0.4 is 14.8 Å². The van der Waals surface area contributed by atoms with Crippen molar-refractivity contribution in [1.29, 1.82) is 0 Å². The number of rotatable bonds is 5. The molecule has 0 atom stereocenters. The van der Waals surface area contributed by atoms with Crippen molar-refractivity contribution in [2.45, 2.75) is 13.3 Å². The van der Waals surface area contributed by atoms with Gasteiger partial charge in [0.25, 0.3) is 5.91 Å². The largest absolute Gasteiger partial charge is 0.454 e. The van der Waals surface area contributed by atoms with E-state index >= 15 is 0 Å². The fraction of sp³-hybridized carbons (Fsp3) is 0.200. The van der Waals surface area contributed by atoms with E-state index in [2.05, 4.69) is 10.4 Å². The third kappa shape index (κ3) is 3.26. The van der Waals surface area contributed by atoms with Crippen LogP contribution in [-0.2, 0) is 6.42 Å². The Morgan fingerprint density at radius 1 is 1.12 bits per heavy atom. The van der Waals surface area contributed by atoms with Gasteiger partial charge in [-0.15, -0.1) is 0 Å². The lowest BCUT2D eigenvalue weighted by molar-refractivity contribution is 0.0948. The van der Waals surface area contributed by atoms with E-state index in [1.807, 2.05) is 55.5 Å². The quantitative estimate of drug-likeness (QED) is 0.769. The molecule has 0 spiro atoms. The summed E-state index contributed by atoms with van der Waals surface area (Å²) < 4.78 is 12.4. The van der Waals surface area contributed by atoms with Crippen molar-refractivity contribution in [3.63, 3.8) is 0 Å². The van der Waals surface area contributed by atoms with E-state index < -0.39 is 0 Å². The molecule has 0 saturated carbocycles.